The molecule has 1 aliphatic heterocycles. The van der Waals surface area contributed by atoms with Crippen molar-refractivity contribution >= 4 is 17.7 Å². The Morgan fingerprint density at radius 3 is 2.06 bits per heavy atom. The number of hydrogen-bond acceptors (Lipinski definition) is 11. The summed E-state index contributed by atoms with van der Waals surface area (Å²) in [5.74, 6) is -0.456. The fraction of sp³-hybridized carbons (Fsp3) is 0.692. The number of ether oxygens (including phenoxy) is 3. The number of rotatable bonds is 13. The molecule has 13 heteroatoms. The van der Waals surface area contributed by atoms with Gasteiger partial charge in [0.2, 0.25) is 5.91 Å². The SMILES string of the molecule is CO[C@H]1CC/C=C/C(=O)Nc2cc(c(CN(C)CCN(C)C)c(O)c2CN(C)CCN(C)C)C[C@@H](C)C[C@@H](OC)[C@H](O)[C@@H](C)/C=C(\C)[C@@H]1OC(N)=O. The van der Waals surface area contributed by atoms with Crippen molar-refractivity contribution < 1.29 is 34.0 Å². The summed E-state index contributed by atoms with van der Waals surface area (Å²) in [6, 6.07) is 2.01. The van der Waals surface area contributed by atoms with Gasteiger partial charge in [-0.2, -0.15) is 0 Å². The van der Waals surface area contributed by atoms with Crippen LogP contribution in [0.4, 0.5) is 10.5 Å². The smallest absolute Gasteiger partial charge is 0.405 e. The molecule has 0 spiro atoms. The van der Waals surface area contributed by atoms with Gasteiger partial charge < -0.3 is 55.1 Å². The number of aromatic hydroxyl groups is 1. The standard InChI is InChI=1S/C39H68N6O7/c1-26-20-29-23-32(31(25-45(9)19-17-43(6)7)37(48)30(29)24-44(8)18-16-42(4)5)41-35(46)15-13-12-14-33(50-10)38(52-39(40)49)28(3)22-27(2)36(47)34(21-26)51-11/h13,15,22-23,26-27,33-34,36,38,47-48H,12,14,16-21,24-25H2,1-11H3,(H2,40,49)(H,41,46)/b15-13+,28-22+/t26-,27+,33+,34-,36-,38+/m1/s1. The van der Waals surface area contributed by atoms with Crippen LogP contribution in [0.15, 0.2) is 29.9 Å². The molecule has 0 aliphatic carbocycles. The van der Waals surface area contributed by atoms with Crippen molar-refractivity contribution in [2.45, 2.75) is 84.0 Å². The first kappa shape index (κ1) is 45.1. The van der Waals surface area contributed by atoms with E-state index in [1.54, 1.807) is 13.2 Å². The number of primary amides is 1. The number of nitrogens with one attached hydrogen (secondary N) is 1. The minimum Gasteiger partial charge on any atom is -0.507 e. The number of phenolic OH excluding ortho intramolecular Hbond substituents is 1. The number of carbonyl (C=O) groups excluding carboxylic acids is 2. The quantitative estimate of drug-likeness (QED) is 0.220. The van der Waals surface area contributed by atoms with E-state index < -0.39 is 30.5 Å². The molecular weight excluding hydrogens is 664 g/mol. The Morgan fingerprint density at radius 2 is 1.52 bits per heavy atom. The molecule has 0 saturated heterocycles. The second-order valence-corrected chi connectivity index (χ2v) is 15.2. The van der Waals surface area contributed by atoms with E-state index in [2.05, 4.69) is 31.8 Å². The molecule has 0 saturated carbocycles. The Kier molecular flexibility index (Phi) is 19.3. The van der Waals surface area contributed by atoms with Gasteiger partial charge in [-0.3, -0.25) is 4.79 Å². The van der Waals surface area contributed by atoms with Crippen molar-refractivity contribution in [2.24, 2.45) is 17.6 Å². The molecule has 13 nitrogen and oxygen atoms in total. The van der Waals surface area contributed by atoms with E-state index in [0.29, 0.717) is 55.6 Å². The fourth-order valence-electron chi connectivity index (χ4n) is 6.66. The topological polar surface area (TPSA) is 153 Å². The van der Waals surface area contributed by atoms with Crippen LogP contribution in [0.25, 0.3) is 0 Å². The molecule has 5 N–H and O–H groups in total. The highest BCUT2D eigenvalue weighted by molar-refractivity contribution is 6.00. The molecule has 2 bridgehead atoms. The number of aliphatic hydroxyl groups excluding tert-OH is 1. The Balaban J connectivity index is 2.70. The zero-order valence-electron chi connectivity index (χ0n) is 33.6. The third-order valence-corrected chi connectivity index (χ3v) is 9.75. The van der Waals surface area contributed by atoms with Crippen molar-refractivity contribution in [2.75, 3.05) is 88.0 Å². The summed E-state index contributed by atoms with van der Waals surface area (Å²) in [5.41, 5.74) is 9.13. The van der Waals surface area contributed by atoms with Crippen LogP contribution in [-0.4, -0.2) is 149 Å². The second kappa shape index (κ2) is 22.2. The van der Waals surface area contributed by atoms with E-state index in [4.69, 9.17) is 19.9 Å². The lowest BCUT2D eigenvalue weighted by Crippen LogP contribution is -2.37. The van der Waals surface area contributed by atoms with Crippen LogP contribution in [-0.2, 0) is 38.5 Å². The maximum Gasteiger partial charge on any atom is 0.405 e. The monoisotopic (exact) mass is 733 g/mol. The highest BCUT2D eigenvalue weighted by Gasteiger charge is 2.30. The van der Waals surface area contributed by atoms with Gasteiger partial charge in [0.1, 0.15) is 5.75 Å². The number of aliphatic hydroxyl groups is 1. The Morgan fingerprint density at radius 1 is 0.942 bits per heavy atom. The third-order valence-electron chi connectivity index (χ3n) is 9.75. The van der Waals surface area contributed by atoms with Crippen molar-refractivity contribution in [3.63, 3.8) is 0 Å². The van der Waals surface area contributed by atoms with Crippen molar-refractivity contribution in [3.05, 3.63) is 46.6 Å². The molecule has 1 aliphatic rings. The van der Waals surface area contributed by atoms with Gasteiger partial charge in [-0.1, -0.05) is 26.0 Å². The maximum atomic E-state index is 13.5. The molecule has 6 atom stereocenters. The third kappa shape index (κ3) is 14.8. The summed E-state index contributed by atoms with van der Waals surface area (Å²) in [4.78, 5) is 33.9. The molecule has 0 unspecified atom stereocenters. The van der Waals surface area contributed by atoms with Gasteiger partial charge >= 0.3 is 6.09 Å². The lowest BCUT2D eigenvalue weighted by molar-refractivity contribution is -0.111. The molecular formula is C39H68N6O7. The van der Waals surface area contributed by atoms with Gasteiger partial charge in [-0.25, -0.2) is 4.79 Å². The predicted molar refractivity (Wildman–Crippen MR) is 207 cm³/mol. The van der Waals surface area contributed by atoms with Crippen LogP contribution in [0, 0.1) is 11.8 Å². The molecule has 1 aromatic carbocycles. The number of nitrogens with zero attached hydrogens (tertiary/aromatic N) is 4. The average Bonchev–Trinajstić information content (AvgIpc) is 3.07. The van der Waals surface area contributed by atoms with Gasteiger partial charge in [-0.15, -0.1) is 0 Å². The van der Waals surface area contributed by atoms with Crippen LogP contribution in [0.2, 0.25) is 0 Å². The Hall–Kier alpha value is -3.04. The number of benzene rings is 1. The zero-order chi connectivity index (χ0) is 39.1. The molecule has 1 heterocycles. The van der Waals surface area contributed by atoms with E-state index in [1.807, 2.05) is 68.3 Å². The molecule has 52 heavy (non-hydrogen) atoms. The van der Waals surface area contributed by atoms with Crippen LogP contribution in [0.1, 0.15) is 56.7 Å². The lowest BCUT2D eigenvalue weighted by atomic mass is 9.86. The van der Waals surface area contributed by atoms with Crippen LogP contribution in [0.3, 0.4) is 0 Å². The van der Waals surface area contributed by atoms with E-state index in [-0.39, 0.29) is 23.5 Å². The first-order chi connectivity index (χ1) is 24.5. The molecule has 0 fully saturated rings. The molecule has 0 radical (unpaired) electrons. The number of allylic oxidation sites excluding steroid dienone is 1. The largest absolute Gasteiger partial charge is 0.507 e. The number of carbonyl (C=O) groups is 2. The zero-order valence-corrected chi connectivity index (χ0v) is 33.6. The number of methoxy groups -OCH3 is 2. The summed E-state index contributed by atoms with van der Waals surface area (Å²) >= 11 is 0. The number of hydrogen-bond donors (Lipinski definition) is 4. The Labute approximate surface area is 312 Å². The predicted octanol–water partition coefficient (Wildman–Crippen LogP) is 3.67. The number of likely N-dealkylation sites (N-methyl/N-ethyl adjacent to an activating group) is 4. The summed E-state index contributed by atoms with van der Waals surface area (Å²) in [7, 11) is 15.3. The van der Waals surface area contributed by atoms with Gasteiger partial charge in [0.15, 0.2) is 6.10 Å². The van der Waals surface area contributed by atoms with Gasteiger partial charge in [0.25, 0.3) is 0 Å². The van der Waals surface area contributed by atoms with E-state index in [0.717, 1.165) is 37.3 Å². The molecule has 1 aromatic rings. The first-order valence-corrected chi connectivity index (χ1v) is 18.4. The number of phenols is 1. The minimum absolute atomic E-state index is 0.0325. The molecule has 2 rings (SSSR count). The number of nitrogens with two attached hydrogens (primary N) is 1. The van der Waals surface area contributed by atoms with Gasteiger partial charge in [0, 0.05) is 76.2 Å². The number of amides is 2. The summed E-state index contributed by atoms with van der Waals surface area (Å²) in [6.07, 6.45) is 3.49. The van der Waals surface area contributed by atoms with E-state index >= 15 is 0 Å². The van der Waals surface area contributed by atoms with Crippen LogP contribution < -0.4 is 11.1 Å². The highest BCUT2D eigenvalue weighted by atomic mass is 16.6. The number of fused-ring (bicyclic) bond motifs is 2. The Bertz CT molecular complexity index is 1340. The highest BCUT2D eigenvalue weighted by Crippen LogP contribution is 2.37. The first-order valence-electron chi connectivity index (χ1n) is 18.4. The molecule has 296 valence electrons. The van der Waals surface area contributed by atoms with Crippen molar-refractivity contribution in [1.82, 2.24) is 19.6 Å². The van der Waals surface area contributed by atoms with Crippen LogP contribution >= 0.6 is 0 Å². The van der Waals surface area contributed by atoms with Crippen molar-refractivity contribution in [3.8, 4) is 5.75 Å². The van der Waals surface area contributed by atoms with E-state index in [1.165, 1.54) is 13.2 Å². The minimum atomic E-state index is -0.929. The normalized spacial score (nSPS) is 25.7. The van der Waals surface area contributed by atoms with Crippen molar-refractivity contribution in [1.29, 1.82) is 0 Å². The summed E-state index contributed by atoms with van der Waals surface area (Å²) < 4.78 is 17.1. The lowest BCUT2D eigenvalue weighted by Gasteiger charge is -2.30. The van der Waals surface area contributed by atoms with E-state index in [9.17, 15) is 19.8 Å². The number of anilines is 1. The molecule has 2 amide bonds. The second-order valence-electron chi connectivity index (χ2n) is 15.2. The average molecular weight is 733 g/mol. The maximum absolute atomic E-state index is 13.5. The molecule has 0 aromatic heterocycles. The summed E-state index contributed by atoms with van der Waals surface area (Å²) in [5, 5.41) is 26.7. The summed E-state index contributed by atoms with van der Waals surface area (Å²) in [6.45, 7) is 10.1. The fourth-order valence-corrected chi connectivity index (χ4v) is 6.66. The van der Waals surface area contributed by atoms with Crippen LogP contribution in [0.5, 0.6) is 5.75 Å². The van der Waals surface area contributed by atoms with Gasteiger partial charge in [0.05, 0.1) is 18.3 Å². The van der Waals surface area contributed by atoms with Gasteiger partial charge in [-0.05, 0) is 104 Å².